The molecule has 1 N–H and O–H groups in total. The maximum absolute atomic E-state index is 12.2. The summed E-state index contributed by atoms with van der Waals surface area (Å²) >= 11 is 5.93. The Morgan fingerprint density at radius 3 is 2.50 bits per heavy atom. The second kappa shape index (κ2) is 9.49. The van der Waals surface area contributed by atoms with Crippen molar-refractivity contribution in [1.82, 2.24) is 4.90 Å². The number of rotatable bonds is 8. The molecular formula is C15H17ClN4O2. The lowest BCUT2D eigenvalue weighted by Gasteiger charge is -2.21. The van der Waals surface area contributed by atoms with Crippen LogP contribution in [0.3, 0.4) is 0 Å². The summed E-state index contributed by atoms with van der Waals surface area (Å²) in [5.74, 6) is 0.394. The van der Waals surface area contributed by atoms with Crippen molar-refractivity contribution in [1.29, 1.82) is 10.5 Å². The maximum Gasteiger partial charge on any atom is 0.241 e. The molecule has 0 aliphatic carbocycles. The third-order valence-corrected chi connectivity index (χ3v) is 3.17. The highest BCUT2D eigenvalue weighted by atomic mass is 35.5. The van der Waals surface area contributed by atoms with Crippen LogP contribution < -0.4 is 10.1 Å². The molecule has 7 heteroatoms. The quantitative estimate of drug-likeness (QED) is 0.794. The number of carbonyl (C=O) groups is 1. The highest BCUT2D eigenvalue weighted by Gasteiger charge is 2.13. The van der Waals surface area contributed by atoms with E-state index in [0.717, 1.165) is 0 Å². The smallest absolute Gasteiger partial charge is 0.241 e. The van der Waals surface area contributed by atoms with Crippen LogP contribution in [0.1, 0.15) is 12.8 Å². The highest BCUT2D eigenvalue weighted by Crippen LogP contribution is 2.27. The Labute approximate surface area is 134 Å². The van der Waals surface area contributed by atoms with E-state index in [1.54, 1.807) is 18.2 Å². The molecule has 22 heavy (non-hydrogen) atoms. The number of hydrogen-bond donors (Lipinski definition) is 1. The molecule has 0 fully saturated rings. The molecule has 0 heterocycles. The molecule has 116 valence electrons. The number of nitrogens with zero attached hydrogens (tertiary/aromatic N) is 3. The molecule has 0 unspecified atom stereocenters. The summed E-state index contributed by atoms with van der Waals surface area (Å²) in [4.78, 5) is 13.7. The average molecular weight is 321 g/mol. The lowest BCUT2D eigenvalue weighted by molar-refractivity contribution is -0.129. The van der Waals surface area contributed by atoms with Gasteiger partial charge < -0.3 is 15.0 Å². The molecule has 0 aliphatic heterocycles. The van der Waals surface area contributed by atoms with E-state index >= 15 is 0 Å². The van der Waals surface area contributed by atoms with Gasteiger partial charge in [-0.1, -0.05) is 11.6 Å². The van der Waals surface area contributed by atoms with E-state index < -0.39 is 0 Å². The molecule has 1 aromatic rings. The number of ether oxygens (including phenoxy) is 1. The van der Waals surface area contributed by atoms with E-state index in [-0.39, 0.29) is 25.3 Å². The van der Waals surface area contributed by atoms with E-state index in [1.165, 1.54) is 12.0 Å². The Morgan fingerprint density at radius 1 is 1.32 bits per heavy atom. The third-order valence-electron chi connectivity index (χ3n) is 2.93. The van der Waals surface area contributed by atoms with Gasteiger partial charge in [0.2, 0.25) is 5.91 Å². The molecule has 1 aromatic carbocycles. The first-order chi connectivity index (χ1) is 10.6. The summed E-state index contributed by atoms with van der Waals surface area (Å²) in [7, 11) is 1.53. The summed E-state index contributed by atoms with van der Waals surface area (Å²) in [5, 5.41) is 20.8. The monoisotopic (exact) mass is 320 g/mol. The van der Waals surface area contributed by atoms with Crippen molar-refractivity contribution in [2.24, 2.45) is 0 Å². The first-order valence-electron chi connectivity index (χ1n) is 6.71. The van der Waals surface area contributed by atoms with Crippen molar-refractivity contribution in [2.75, 3.05) is 32.1 Å². The Bertz CT molecular complexity index is 574. The minimum atomic E-state index is -0.187. The fourth-order valence-corrected chi connectivity index (χ4v) is 2.00. The fourth-order valence-electron chi connectivity index (χ4n) is 1.83. The molecule has 0 saturated heterocycles. The van der Waals surface area contributed by atoms with Gasteiger partial charge in [-0.2, -0.15) is 10.5 Å². The fraction of sp³-hybridized carbons (Fsp3) is 0.400. The van der Waals surface area contributed by atoms with Crippen LogP contribution in [0.4, 0.5) is 5.69 Å². The zero-order chi connectivity index (χ0) is 16.4. The number of carbonyl (C=O) groups excluding carboxylic acids is 1. The Hall–Kier alpha value is -2.44. The van der Waals surface area contributed by atoms with Crippen molar-refractivity contribution in [3.8, 4) is 17.9 Å². The van der Waals surface area contributed by atoms with E-state index in [0.29, 0.717) is 29.5 Å². The number of nitriles is 2. The largest absolute Gasteiger partial charge is 0.495 e. The topological polar surface area (TPSA) is 89.2 Å². The van der Waals surface area contributed by atoms with E-state index in [1.807, 2.05) is 12.1 Å². The van der Waals surface area contributed by atoms with Crippen LogP contribution in [0, 0.1) is 22.7 Å². The number of halogens is 1. The molecule has 0 spiro atoms. The molecule has 0 aromatic heterocycles. The summed E-state index contributed by atoms with van der Waals surface area (Å²) < 4.78 is 5.19. The number of methoxy groups -OCH3 is 1. The van der Waals surface area contributed by atoms with Gasteiger partial charge in [0.15, 0.2) is 0 Å². The molecule has 0 aliphatic rings. The molecule has 0 atom stereocenters. The van der Waals surface area contributed by atoms with Gasteiger partial charge in [0.25, 0.3) is 0 Å². The van der Waals surface area contributed by atoms with Gasteiger partial charge >= 0.3 is 0 Å². The zero-order valence-corrected chi connectivity index (χ0v) is 13.1. The van der Waals surface area contributed by atoms with Gasteiger partial charge in [0, 0.05) is 18.1 Å². The first kappa shape index (κ1) is 17.6. The Kier molecular flexibility index (Phi) is 7.60. The predicted octanol–water partition coefficient (Wildman–Crippen LogP) is 2.42. The highest BCUT2D eigenvalue weighted by molar-refractivity contribution is 6.30. The first-order valence-corrected chi connectivity index (χ1v) is 7.09. The number of anilines is 1. The van der Waals surface area contributed by atoms with Crippen molar-refractivity contribution >= 4 is 23.2 Å². The van der Waals surface area contributed by atoms with E-state index in [9.17, 15) is 4.79 Å². The standard InChI is InChI=1S/C15H17ClN4O2/c1-22-14-5-4-12(16)10-13(14)19-11-15(21)20(8-2-6-17)9-3-7-18/h4-5,10,19H,2-3,8-9,11H2,1H3. The molecule has 0 saturated carbocycles. The van der Waals surface area contributed by atoms with E-state index in [4.69, 9.17) is 26.9 Å². The maximum atomic E-state index is 12.2. The lowest BCUT2D eigenvalue weighted by Crippen LogP contribution is -2.37. The van der Waals surface area contributed by atoms with Gasteiger partial charge in [-0.25, -0.2) is 0 Å². The van der Waals surface area contributed by atoms with Gasteiger partial charge in [0.05, 0.1) is 44.3 Å². The van der Waals surface area contributed by atoms with E-state index in [2.05, 4.69) is 5.32 Å². The zero-order valence-electron chi connectivity index (χ0n) is 12.3. The SMILES string of the molecule is COc1ccc(Cl)cc1NCC(=O)N(CCC#N)CCC#N. The van der Waals surface area contributed by atoms with Crippen molar-refractivity contribution in [3.63, 3.8) is 0 Å². The lowest BCUT2D eigenvalue weighted by atomic mass is 10.3. The average Bonchev–Trinajstić information content (AvgIpc) is 2.53. The van der Waals surface area contributed by atoms with Crippen LogP contribution in [0.15, 0.2) is 18.2 Å². The minimum absolute atomic E-state index is 0.0353. The van der Waals surface area contributed by atoms with Crippen LogP contribution >= 0.6 is 11.6 Å². The van der Waals surface area contributed by atoms with Crippen LogP contribution in [-0.2, 0) is 4.79 Å². The number of benzene rings is 1. The van der Waals surface area contributed by atoms with Gasteiger partial charge in [-0.15, -0.1) is 0 Å². The van der Waals surface area contributed by atoms with Crippen LogP contribution in [0.25, 0.3) is 0 Å². The Morgan fingerprint density at radius 2 is 1.95 bits per heavy atom. The third kappa shape index (κ3) is 5.51. The van der Waals surface area contributed by atoms with Crippen LogP contribution in [-0.4, -0.2) is 37.6 Å². The predicted molar refractivity (Wildman–Crippen MR) is 83.5 cm³/mol. The minimum Gasteiger partial charge on any atom is -0.495 e. The Balaban J connectivity index is 2.68. The second-order valence-electron chi connectivity index (χ2n) is 4.40. The molecular weight excluding hydrogens is 304 g/mol. The van der Waals surface area contributed by atoms with Crippen molar-refractivity contribution < 1.29 is 9.53 Å². The van der Waals surface area contributed by atoms with Crippen molar-refractivity contribution in [3.05, 3.63) is 23.2 Å². The molecule has 0 bridgehead atoms. The summed E-state index contributed by atoms with van der Waals surface area (Å²) in [5.41, 5.74) is 0.615. The number of hydrogen-bond acceptors (Lipinski definition) is 5. The number of nitrogens with one attached hydrogen (secondary N) is 1. The van der Waals surface area contributed by atoms with Gasteiger partial charge in [-0.3, -0.25) is 4.79 Å². The van der Waals surface area contributed by atoms with Gasteiger partial charge in [-0.05, 0) is 18.2 Å². The molecule has 1 amide bonds. The molecule has 6 nitrogen and oxygen atoms in total. The van der Waals surface area contributed by atoms with Gasteiger partial charge in [0.1, 0.15) is 5.75 Å². The van der Waals surface area contributed by atoms with Crippen molar-refractivity contribution in [2.45, 2.75) is 12.8 Å². The van der Waals surface area contributed by atoms with Crippen LogP contribution in [0.5, 0.6) is 5.75 Å². The summed E-state index contributed by atoms with van der Waals surface area (Å²) in [6.45, 7) is 0.657. The second-order valence-corrected chi connectivity index (χ2v) is 4.83. The molecule has 0 radical (unpaired) electrons. The molecule has 1 rings (SSSR count). The summed E-state index contributed by atoms with van der Waals surface area (Å²) in [6, 6.07) is 9.06. The number of amides is 1. The summed E-state index contributed by atoms with van der Waals surface area (Å²) in [6.07, 6.45) is 0.468. The normalized spacial score (nSPS) is 9.45. The van der Waals surface area contributed by atoms with Crippen LogP contribution in [0.2, 0.25) is 5.02 Å².